The number of benzene rings is 1. The van der Waals surface area contributed by atoms with E-state index in [0.717, 1.165) is 0 Å². The summed E-state index contributed by atoms with van der Waals surface area (Å²) in [6, 6.07) is 7.98. The second kappa shape index (κ2) is 7.13. The maximum Gasteiger partial charge on any atom is 0.320 e. The Labute approximate surface area is 111 Å². The Morgan fingerprint density at radius 3 is 2.74 bits per heavy atom. The maximum atomic E-state index is 11.6. The summed E-state index contributed by atoms with van der Waals surface area (Å²) in [5.41, 5.74) is 0.851. The van der Waals surface area contributed by atoms with Gasteiger partial charge >= 0.3 is 5.97 Å². The van der Waals surface area contributed by atoms with Gasteiger partial charge < -0.3 is 15.7 Å². The molecule has 1 aromatic rings. The zero-order valence-electron chi connectivity index (χ0n) is 10.5. The molecule has 0 heterocycles. The number of amides is 1. The lowest BCUT2D eigenvalue weighted by molar-refractivity contribution is -0.139. The molecule has 0 radical (unpaired) electrons. The Hall–Kier alpha value is -2.39. The second-order valence-electron chi connectivity index (χ2n) is 3.97. The Balaban J connectivity index is 2.44. The van der Waals surface area contributed by atoms with Crippen LogP contribution in [-0.4, -0.2) is 29.6 Å². The van der Waals surface area contributed by atoms with Crippen molar-refractivity contribution in [2.45, 2.75) is 19.4 Å². The minimum Gasteiger partial charge on any atom is -0.480 e. The highest BCUT2D eigenvalue weighted by molar-refractivity contribution is 5.92. The average molecular weight is 261 g/mol. The lowest BCUT2D eigenvalue weighted by Gasteiger charge is -2.09. The SMILES string of the molecule is C[C@@H](NCCC(=O)Nc1ccccc1C#N)C(=O)O. The fourth-order valence-electron chi connectivity index (χ4n) is 1.39. The monoisotopic (exact) mass is 261 g/mol. The highest BCUT2D eigenvalue weighted by Gasteiger charge is 2.11. The van der Waals surface area contributed by atoms with E-state index in [4.69, 9.17) is 10.4 Å². The molecule has 0 spiro atoms. The van der Waals surface area contributed by atoms with Gasteiger partial charge in [0.05, 0.1) is 11.3 Å². The third-order valence-electron chi connectivity index (χ3n) is 2.49. The van der Waals surface area contributed by atoms with Crippen LogP contribution >= 0.6 is 0 Å². The smallest absolute Gasteiger partial charge is 0.320 e. The number of hydrogen-bond donors (Lipinski definition) is 3. The molecule has 1 amide bonds. The van der Waals surface area contributed by atoms with Crippen LogP contribution in [0.1, 0.15) is 18.9 Å². The standard InChI is InChI=1S/C13H15N3O3/c1-9(13(18)19)15-7-6-12(17)16-11-5-3-2-4-10(11)8-14/h2-5,9,15H,6-7H2,1H3,(H,16,17)(H,18,19)/t9-/m1/s1. The zero-order chi connectivity index (χ0) is 14.3. The Morgan fingerprint density at radius 2 is 2.11 bits per heavy atom. The number of rotatable bonds is 6. The molecule has 0 aliphatic rings. The van der Waals surface area contributed by atoms with Crippen LogP contribution in [0.15, 0.2) is 24.3 Å². The molecule has 19 heavy (non-hydrogen) atoms. The molecular formula is C13H15N3O3. The largest absolute Gasteiger partial charge is 0.480 e. The average Bonchev–Trinajstić information content (AvgIpc) is 2.39. The summed E-state index contributed by atoms with van der Waals surface area (Å²) in [5, 5.41) is 22.8. The van der Waals surface area contributed by atoms with Crippen molar-refractivity contribution in [2.75, 3.05) is 11.9 Å². The van der Waals surface area contributed by atoms with Crippen molar-refractivity contribution in [1.82, 2.24) is 5.32 Å². The number of hydrogen-bond acceptors (Lipinski definition) is 4. The molecule has 100 valence electrons. The molecule has 1 atom stereocenters. The van der Waals surface area contributed by atoms with Crippen LogP contribution in [0.3, 0.4) is 0 Å². The van der Waals surface area contributed by atoms with Crippen molar-refractivity contribution < 1.29 is 14.7 Å². The Morgan fingerprint density at radius 1 is 1.42 bits per heavy atom. The van der Waals surface area contributed by atoms with E-state index in [-0.39, 0.29) is 18.9 Å². The highest BCUT2D eigenvalue weighted by atomic mass is 16.4. The molecule has 0 aliphatic heterocycles. The van der Waals surface area contributed by atoms with Gasteiger partial charge in [-0.05, 0) is 19.1 Å². The molecule has 0 saturated heterocycles. The fourth-order valence-corrected chi connectivity index (χ4v) is 1.39. The molecule has 0 fully saturated rings. The van der Waals surface area contributed by atoms with Gasteiger partial charge in [0, 0.05) is 13.0 Å². The van der Waals surface area contributed by atoms with Gasteiger partial charge in [0.2, 0.25) is 5.91 Å². The minimum atomic E-state index is -0.963. The molecule has 0 aliphatic carbocycles. The first-order valence-corrected chi connectivity index (χ1v) is 5.79. The first-order chi connectivity index (χ1) is 9.04. The van der Waals surface area contributed by atoms with E-state index in [2.05, 4.69) is 10.6 Å². The molecule has 0 bridgehead atoms. The van der Waals surface area contributed by atoms with Gasteiger partial charge in [-0.2, -0.15) is 5.26 Å². The molecule has 6 heteroatoms. The van der Waals surface area contributed by atoms with Crippen molar-refractivity contribution in [3.63, 3.8) is 0 Å². The summed E-state index contributed by atoms with van der Waals surface area (Å²) < 4.78 is 0. The van der Waals surface area contributed by atoms with Crippen LogP contribution in [-0.2, 0) is 9.59 Å². The van der Waals surface area contributed by atoms with Crippen molar-refractivity contribution in [3.05, 3.63) is 29.8 Å². The quantitative estimate of drug-likeness (QED) is 0.707. The van der Waals surface area contributed by atoms with Crippen molar-refractivity contribution in [1.29, 1.82) is 5.26 Å². The van der Waals surface area contributed by atoms with Gasteiger partial charge in [0.1, 0.15) is 12.1 Å². The molecule has 3 N–H and O–H groups in total. The van der Waals surface area contributed by atoms with Crippen molar-refractivity contribution in [2.24, 2.45) is 0 Å². The van der Waals surface area contributed by atoms with Gasteiger partial charge in [-0.1, -0.05) is 12.1 Å². The van der Waals surface area contributed by atoms with Gasteiger partial charge in [0.15, 0.2) is 0 Å². The number of carboxylic acids is 1. The van der Waals surface area contributed by atoms with Gasteiger partial charge in [-0.15, -0.1) is 0 Å². The normalized spacial score (nSPS) is 11.4. The van der Waals surface area contributed by atoms with Crippen LogP contribution in [0, 0.1) is 11.3 Å². The molecule has 0 aromatic heterocycles. The number of para-hydroxylation sites is 1. The fraction of sp³-hybridized carbons (Fsp3) is 0.308. The molecule has 6 nitrogen and oxygen atoms in total. The van der Waals surface area contributed by atoms with E-state index in [1.807, 2.05) is 6.07 Å². The van der Waals surface area contributed by atoms with Gasteiger partial charge in [-0.25, -0.2) is 0 Å². The summed E-state index contributed by atoms with van der Waals surface area (Å²) >= 11 is 0. The first kappa shape index (κ1) is 14.7. The predicted molar refractivity (Wildman–Crippen MR) is 69.5 cm³/mol. The predicted octanol–water partition coefficient (Wildman–Crippen LogP) is 0.950. The Kier molecular flexibility index (Phi) is 5.51. The lowest BCUT2D eigenvalue weighted by Crippen LogP contribution is -2.35. The number of aliphatic carboxylic acids is 1. The zero-order valence-corrected chi connectivity index (χ0v) is 10.5. The summed E-state index contributed by atoms with van der Waals surface area (Å²) in [5.74, 6) is -1.23. The number of carbonyl (C=O) groups is 2. The lowest BCUT2D eigenvalue weighted by atomic mass is 10.2. The molecule has 0 unspecified atom stereocenters. The number of anilines is 1. The summed E-state index contributed by atoms with van der Waals surface area (Å²) in [6.07, 6.45) is 0.136. The number of carbonyl (C=O) groups excluding carboxylic acids is 1. The topological polar surface area (TPSA) is 102 Å². The van der Waals surface area contributed by atoms with Gasteiger partial charge in [-0.3, -0.25) is 9.59 Å². The Bertz CT molecular complexity index is 508. The number of carboxylic acid groups (broad SMARTS) is 1. The van der Waals surface area contributed by atoms with Crippen molar-refractivity contribution in [3.8, 4) is 6.07 Å². The number of nitrogens with one attached hydrogen (secondary N) is 2. The van der Waals surface area contributed by atoms with Crippen LogP contribution < -0.4 is 10.6 Å². The summed E-state index contributed by atoms with van der Waals surface area (Å²) in [6.45, 7) is 1.76. The summed E-state index contributed by atoms with van der Waals surface area (Å²) in [4.78, 5) is 22.2. The van der Waals surface area contributed by atoms with Gasteiger partial charge in [0.25, 0.3) is 0 Å². The van der Waals surface area contributed by atoms with Crippen LogP contribution in [0.2, 0.25) is 0 Å². The third-order valence-corrected chi connectivity index (χ3v) is 2.49. The van der Waals surface area contributed by atoms with E-state index < -0.39 is 12.0 Å². The number of nitriles is 1. The minimum absolute atomic E-state index is 0.136. The van der Waals surface area contributed by atoms with E-state index in [0.29, 0.717) is 11.3 Å². The van der Waals surface area contributed by atoms with E-state index in [1.54, 1.807) is 24.3 Å². The first-order valence-electron chi connectivity index (χ1n) is 5.79. The second-order valence-corrected chi connectivity index (χ2v) is 3.97. The number of nitrogens with zero attached hydrogens (tertiary/aromatic N) is 1. The van der Waals surface area contributed by atoms with Crippen molar-refractivity contribution >= 4 is 17.6 Å². The highest BCUT2D eigenvalue weighted by Crippen LogP contribution is 2.13. The summed E-state index contributed by atoms with van der Waals surface area (Å²) in [7, 11) is 0. The maximum absolute atomic E-state index is 11.6. The molecule has 1 aromatic carbocycles. The van der Waals surface area contributed by atoms with Crippen LogP contribution in [0.5, 0.6) is 0 Å². The van der Waals surface area contributed by atoms with Crippen LogP contribution in [0.4, 0.5) is 5.69 Å². The van der Waals surface area contributed by atoms with E-state index in [9.17, 15) is 9.59 Å². The van der Waals surface area contributed by atoms with E-state index >= 15 is 0 Å². The molecule has 1 rings (SSSR count). The third kappa shape index (κ3) is 4.77. The molecule has 0 saturated carbocycles. The van der Waals surface area contributed by atoms with E-state index in [1.165, 1.54) is 6.92 Å². The molecular weight excluding hydrogens is 246 g/mol. The van der Waals surface area contributed by atoms with Crippen LogP contribution in [0.25, 0.3) is 0 Å².